The Morgan fingerprint density at radius 2 is 2.00 bits per heavy atom. The number of sulfonamides is 1. The maximum atomic E-state index is 12.0. The standard InChI is InChI=1S/C12H17ClN2O3S/c1-2-3-8-14-12(16)15-19(17,18)11-7-5-4-6-10(11)9-13/h4-7H,2-3,8-9H2,1H3,(H2,14,15,16). The predicted octanol–water partition coefficient (Wildman–Crippen LogP) is 2.21. The van der Waals surface area contributed by atoms with Crippen LogP contribution in [-0.2, 0) is 15.9 Å². The lowest BCUT2D eigenvalue weighted by molar-refractivity contribution is 0.245. The molecule has 0 saturated carbocycles. The molecule has 7 heteroatoms. The Balaban J connectivity index is 2.78. The fourth-order valence-electron chi connectivity index (χ4n) is 1.47. The van der Waals surface area contributed by atoms with Gasteiger partial charge in [0.2, 0.25) is 0 Å². The van der Waals surface area contributed by atoms with Gasteiger partial charge in [0.1, 0.15) is 0 Å². The molecule has 1 aromatic carbocycles. The highest BCUT2D eigenvalue weighted by atomic mass is 35.5. The van der Waals surface area contributed by atoms with Crippen LogP contribution in [0.25, 0.3) is 0 Å². The van der Waals surface area contributed by atoms with Crippen molar-refractivity contribution in [2.24, 2.45) is 0 Å². The van der Waals surface area contributed by atoms with Gasteiger partial charge < -0.3 is 5.32 Å². The second kappa shape index (κ2) is 7.35. The van der Waals surface area contributed by atoms with Crippen molar-refractivity contribution in [2.75, 3.05) is 6.54 Å². The van der Waals surface area contributed by atoms with Crippen molar-refractivity contribution in [1.29, 1.82) is 0 Å². The topological polar surface area (TPSA) is 75.3 Å². The number of hydrogen-bond donors (Lipinski definition) is 2. The van der Waals surface area contributed by atoms with Gasteiger partial charge in [-0.2, -0.15) is 0 Å². The summed E-state index contributed by atoms with van der Waals surface area (Å²) in [4.78, 5) is 11.5. The van der Waals surface area contributed by atoms with Gasteiger partial charge in [0.25, 0.3) is 10.0 Å². The molecule has 0 unspecified atom stereocenters. The van der Waals surface area contributed by atoms with Crippen LogP contribution in [0.15, 0.2) is 29.2 Å². The summed E-state index contributed by atoms with van der Waals surface area (Å²) in [5, 5.41) is 2.48. The highest BCUT2D eigenvalue weighted by Crippen LogP contribution is 2.16. The van der Waals surface area contributed by atoms with Gasteiger partial charge in [-0.1, -0.05) is 31.5 Å². The molecule has 0 aliphatic heterocycles. The van der Waals surface area contributed by atoms with Crippen molar-refractivity contribution in [3.8, 4) is 0 Å². The lowest BCUT2D eigenvalue weighted by Gasteiger charge is -2.10. The van der Waals surface area contributed by atoms with Crippen molar-refractivity contribution >= 4 is 27.7 Å². The summed E-state index contributed by atoms with van der Waals surface area (Å²) in [6, 6.07) is 5.57. The van der Waals surface area contributed by atoms with Crippen LogP contribution in [-0.4, -0.2) is 21.0 Å². The molecular weight excluding hydrogens is 288 g/mol. The second-order valence-corrected chi connectivity index (χ2v) is 5.87. The highest BCUT2D eigenvalue weighted by molar-refractivity contribution is 7.90. The molecule has 0 aromatic heterocycles. The minimum Gasteiger partial charge on any atom is -0.337 e. The smallest absolute Gasteiger partial charge is 0.328 e. The van der Waals surface area contributed by atoms with E-state index in [2.05, 4.69) is 5.32 Å². The molecule has 0 saturated heterocycles. The van der Waals surface area contributed by atoms with Gasteiger partial charge in [-0.05, 0) is 18.1 Å². The normalized spacial score (nSPS) is 11.1. The van der Waals surface area contributed by atoms with Crippen LogP contribution in [0.4, 0.5) is 4.79 Å². The second-order valence-electron chi connectivity index (χ2n) is 3.96. The zero-order valence-electron chi connectivity index (χ0n) is 10.6. The van der Waals surface area contributed by atoms with Crippen LogP contribution in [0.3, 0.4) is 0 Å². The van der Waals surface area contributed by atoms with Gasteiger partial charge in [0.15, 0.2) is 0 Å². The van der Waals surface area contributed by atoms with Crippen LogP contribution in [0.2, 0.25) is 0 Å². The first kappa shape index (κ1) is 15.8. The molecule has 0 spiro atoms. The van der Waals surface area contributed by atoms with Crippen LogP contribution in [0.5, 0.6) is 0 Å². The third-order valence-corrected chi connectivity index (χ3v) is 4.17. The minimum atomic E-state index is -3.89. The van der Waals surface area contributed by atoms with E-state index in [0.29, 0.717) is 12.1 Å². The summed E-state index contributed by atoms with van der Waals surface area (Å²) < 4.78 is 26.0. The van der Waals surface area contributed by atoms with E-state index in [1.807, 2.05) is 11.6 Å². The van der Waals surface area contributed by atoms with E-state index in [0.717, 1.165) is 12.8 Å². The number of benzene rings is 1. The van der Waals surface area contributed by atoms with E-state index < -0.39 is 16.1 Å². The van der Waals surface area contributed by atoms with Crippen molar-refractivity contribution in [3.63, 3.8) is 0 Å². The molecule has 2 amide bonds. The number of amides is 2. The fourth-order valence-corrected chi connectivity index (χ4v) is 2.95. The van der Waals surface area contributed by atoms with E-state index in [9.17, 15) is 13.2 Å². The largest absolute Gasteiger partial charge is 0.337 e. The predicted molar refractivity (Wildman–Crippen MR) is 74.6 cm³/mol. The van der Waals surface area contributed by atoms with Gasteiger partial charge in [0, 0.05) is 12.4 Å². The first-order chi connectivity index (χ1) is 9.01. The zero-order valence-corrected chi connectivity index (χ0v) is 12.2. The van der Waals surface area contributed by atoms with Crippen LogP contribution in [0, 0.1) is 0 Å². The molecule has 2 N–H and O–H groups in total. The number of halogens is 1. The van der Waals surface area contributed by atoms with Crippen molar-refractivity contribution in [3.05, 3.63) is 29.8 Å². The number of urea groups is 1. The summed E-state index contributed by atoms with van der Waals surface area (Å²) >= 11 is 5.68. The fraction of sp³-hybridized carbons (Fsp3) is 0.417. The van der Waals surface area contributed by atoms with Crippen molar-refractivity contribution < 1.29 is 13.2 Å². The summed E-state index contributed by atoms with van der Waals surface area (Å²) in [5.41, 5.74) is 0.457. The van der Waals surface area contributed by atoms with E-state index in [1.54, 1.807) is 18.2 Å². The number of carbonyl (C=O) groups is 1. The SMILES string of the molecule is CCCCNC(=O)NS(=O)(=O)c1ccccc1CCl. The third kappa shape index (κ3) is 4.72. The van der Waals surface area contributed by atoms with E-state index in [4.69, 9.17) is 11.6 Å². The Hall–Kier alpha value is -1.27. The molecular formula is C12H17ClN2O3S. The zero-order chi connectivity index (χ0) is 14.3. The van der Waals surface area contributed by atoms with Gasteiger partial charge in [0.05, 0.1) is 4.90 Å². The summed E-state index contributed by atoms with van der Waals surface area (Å²) in [5.74, 6) is 0.0640. The number of nitrogens with one attached hydrogen (secondary N) is 2. The van der Waals surface area contributed by atoms with Crippen LogP contribution in [0.1, 0.15) is 25.3 Å². The van der Waals surface area contributed by atoms with Crippen molar-refractivity contribution in [2.45, 2.75) is 30.5 Å². The monoisotopic (exact) mass is 304 g/mol. The summed E-state index contributed by atoms with van der Waals surface area (Å²) in [7, 11) is -3.89. The Kier molecular flexibility index (Phi) is 6.11. The van der Waals surface area contributed by atoms with Crippen molar-refractivity contribution in [1.82, 2.24) is 10.0 Å². The third-order valence-electron chi connectivity index (χ3n) is 2.45. The molecule has 0 aliphatic carbocycles. The molecule has 0 fully saturated rings. The molecule has 19 heavy (non-hydrogen) atoms. The van der Waals surface area contributed by atoms with Gasteiger partial charge in [-0.3, -0.25) is 0 Å². The quantitative estimate of drug-likeness (QED) is 0.625. The molecule has 0 bridgehead atoms. The lowest BCUT2D eigenvalue weighted by atomic mass is 10.2. The Morgan fingerprint density at radius 1 is 1.32 bits per heavy atom. The maximum absolute atomic E-state index is 12.0. The number of hydrogen-bond acceptors (Lipinski definition) is 3. The van der Waals surface area contributed by atoms with Crippen LogP contribution < -0.4 is 10.0 Å². The summed E-state index contributed by atoms with van der Waals surface area (Å²) in [6.07, 6.45) is 1.72. The van der Waals surface area contributed by atoms with Gasteiger partial charge in [-0.25, -0.2) is 17.9 Å². The number of alkyl halides is 1. The number of rotatable bonds is 6. The van der Waals surface area contributed by atoms with Gasteiger partial charge in [-0.15, -0.1) is 11.6 Å². The minimum absolute atomic E-state index is 0.0237. The highest BCUT2D eigenvalue weighted by Gasteiger charge is 2.20. The molecule has 0 heterocycles. The molecule has 106 valence electrons. The average Bonchev–Trinajstić information content (AvgIpc) is 2.38. The first-order valence-corrected chi connectivity index (χ1v) is 7.97. The molecule has 1 aromatic rings. The molecule has 0 aliphatic rings. The Bertz CT molecular complexity index is 532. The molecule has 1 rings (SSSR count). The van der Waals surface area contributed by atoms with E-state index in [1.165, 1.54) is 6.07 Å². The Morgan fingerprint density at radius 3 is 2.63 bits per heavy atom. The molecule has 0 atom stereocenters. The maximum Gasteiger partial charge on any atom is 0.328 e. The average molecular weight is 305 g/mol. The van der Waals surface area contributed by atoms with E-state index in [-0.39, 0.29) is 10.8 Å². The van der Waals surface area contributed by atoms with Crippen LogP contribution >= 0.6 is 11.6 Å². The molecule has 5 nitrogen and oxygen atoms in total. The number of unbranched alkanes of at least 4 members (excludes halogenated alkanes) is 1. The molecule has 0 radical (unpaired) electrons. The summed E-state index contributed by atoms with van der Waals surface area (Å²) in [6.45, 7) is 2.42. The van der Waals surface area contributed by atoms with E-state index >= 15 is 0 Å². The first-order valence-electron chi connectivity index (χ1n) is 5.95. The Labute approximate surface area is 118 Å². The van der Waals surface area contributed by atoms with Gasteiger partial charge >= 0.3 is 6.03 Å². The number of carbonyl (C=O) groups excluding carboxylic acids is 1. The lowest BCUT2D eigenvalue weighted by Crippen LogP contribution is -2.40.